The Hall–Kier alpha value is -1.85. The summed E-state index contributed by atoms with van der Waals surface area (Å²) >= 11 is 0. The van der Waals surface area contributed by atoms with E-state index in [1.54, 1.807) is 10.9 Å². The van der Waals surface area contributed by atoms with Gasteiger partial charge in [-0.3, -0.25) is 14.3 Å². The van der Waals surface area contributed by atoms with Crippen molar-refractivity contribution < 1.29 is 9.59 Å². The van der Waals surface area contributed by atoms with Gasteiger partial charge in [-0.25, -0.2) is 0 Å². The highest BCUT2D eigenvalue weighted by Gasteiger charge is 2.28. The van der Waals surface area contributed by atoms with Crippen LogP contribution in [0.4, 0.5) is 0 Å². The number of carbonyl (C=O) groups excluding carboxylic acids is 2. The van der Waals surface area contributed by atoms with E-state index in [0.717, 1.165) is 44.3 Å². The molecule has 0 saturated carbocycles. The fourth-order valence-corrected chi connectivity index (χ4v) is 2.80. The summed E-state index contributed by atoms with van der Waals surface area (Å²) in [5.74, 6) is 0.106. The van der Waals surface area contributed by atoms with Gasteiger partial charge in [-0.05, 0) is 24.8 Å². The first-order valence-corrected chi connectivity index (χ1v) is 8.13. The first-order valence-electron chi connectivity index (χ1n) is 8.13. The van der Waals surface area contributed by atoms with E-state index in [0.29, 0.717) is 13.0 Å². The van der Waals surface area contributed by atoms with Gasteiger partial charge in [0.05, 0.1) is 18.5 Å². The Morgan fingerprint density at radius 3 is 2.95 bits per heavy atom. The zero-order chi connectivity index (χ0) is 15.9. The standard InChI is InChI=1S/C16H26N4O2/c1-3-4-7-17-16(22)14-6-5-8-20(12-14)15(21)9-13-10-18-19(2)11-13/h10-11,14H,3-9,12H2,1-2H3,(H,17,22). The fraction of sp³-hybridized carbons (Fsp3) is 0.688. The van der Waals surface area contributed by atoms with Crippen LogP contribution in [-0.4, -0.2) is 46.1 Å². The number of aryl methyl sites for hydroxylation is 1. The average molecular weight is 306 g/mol. The monoisotopic (exact) mass is 306 g/mol. The van der Waals surface area contributed by atoms with E-state index in [-0.39, 0.29) is 17.7 Å². The highest BCUT2D eigenvalue weighted by atomic mass is 16.2. The maximum absolute atomic E-state index is 12.4. The lowest BCUT2D eigenvalue weighted by Crippen LogP contribution is -2.46. The van der Waals surface area contributed by atoms with Crippen LogP contribution in [0, 0.1) is 5.92 Å². The predicted octanol–water partition coefficient (Wildman–Crippen LogP) is 1.12. The van der Waals surface area contributed by atoms with E-state index < -0.39 is 0 Å². The van der Waals surface area contributed by atoms with E-state index in [2.05, 4.69) is 17.3 Å². The summed E-state index contributed by atoms with van der Waals surface area (Å²) in [7, 11) is 1.84. The predicted molar refractivity (Wildman–Crippen MR) is 84.1 cm³/mol. The Labute approximate surface area is 131 Å². The van der Waals surface area contributed by atoms with Gasteiger partial charge in [0.15, 0.2) is 0 Å². The molecule has 1 aromatic rings. The second-order valence-corrected chi connectivity index (χ2v) is 6.02. The molecule has 0 bridgehead atoms. The molecule has 1 aliphatic heterocycles. The minimum absolute atomic E-state index is 0.0662. The molecule has 2 amide bonds. The number of nitrogens with zero attached hydrogens (tertiary/aromatic N) is 3. The fourth-order valence-electron chi connectivity index (χ4n) is 2.80. The van der Waals surface area contributed by atoms with Gasteiger partial charge < -0.3 is 10.2 Å². The van der Waals surface area contributed by atoms with Crippen molar-refractivity contribution in [1.82, 2.24) is 20.0 Å². The molecule has 1 unspecified atom stereocenters. The summed E-state index contributed by atoms with van der Waals surface area (Å²) in [4.78, 5) is 26.3. The highest BCUT2D eigenvalue weighted by Crippen LogP contribution is 2.17. The van der Waals surface area contributed by atoms with Crippen molar-refractivity contribution in [2.45, 2.75) is 39.0 Å². The first kappa shape index (κ1) is 16.5. The Balaban J connectivity index is 1.84. The Morgan fingerprint density at radius 2 is 2.27 bits per heavy atom. The van der Waals surface area contributed by atoms with Crippen LogP contribution in [0.5, 0.6) is 0 Å². The molecule has 2 rings (SSSR count). The van der Waals surface area contributed by atoms with Crippen molar-refractivity contribution in [3.05, 3.63) is 18.0 Å². The van der Waals surface area contributed by atoms with Crippen LogP contribution in [0.15, 0.2) is 12.4 Å². The van der Waals surface area contributed by atoms with Crippen molar-refractivity contribution >= 4 is 11.8 Å². The molecule has 1 aliphatic rings. The lowest BCUT2D eigenvalue weighted by Gasteiger charge is -2.32. The molecular formula is C16H26N4O2. The second-order valence-electron chi connectivity index (χ2n) is 6.02. The summed E-state index contributed by atoms with van der Waals surface area (Å²) in [6.45, 7) is 4.12. The quantitative estimate of drug-likeness (QED) is 0.801. The minimum atomic E-state index is -0.0662. The number of hydrogen-bond acceptors (Lipinski definition) is 3. The molecule has 1 atom stereocenters. The first-order chi connectivity index (χ1) is 10.6. The molecule has 1 N–H and O–H groups in total. The van der Waals surface area contributed by atoms with Crippen LogP contribution in [-0.2, 0) is 23.1 Å². The summed E-state index contributed by atoms with van der Waals surface area (Å²) in [5.41, 5.74) is 0.919. The van der Waals surface area contributed by atoms with Crippen LogP contribution in [0.2, 0.25) is 0 Å². The number of carbonyl (C=O) groups is 2. The summed E-state index contributed by atoms with van der Waals surface area (Å²) in [5, 5.41) is 7.06. The maximum Gasteiger partial charge on any atom is 0.227 e. The van der Waals surface area contributed by atoms with E-state index >= 15 is 0 Å². The zero-order valence-electron chi connectivity index (χ0n) is 13.5. The number of nitrogens with one attached hydrogen (secondary N) is 1. The molecule has 0 spiro atoms. The third-order valence-corrected chi connectivity index (χ3v) is 4.09. The molecule has 122 valence electrons. The van der Waals surface area contributed by atoms with Crippen LogP contribution >= 0.6 is 0 Å². The van der Waals surface area contributed by atoms with E-state index in [1.165, 1.54) is 0 Å². The lowest BCUT2D eigenvalue weighted by molar-refractivity contribution is -0.135. The molecule has 0 aromatic carbocycles. The third-order valence-electron chi connectivity index (χ3n) is 4.09. The number of likely N-dealkylation sites (tertiary alicyclic amines) is 1. The SMILES string of the molecule is CCCCNC(=O)C1CCCN(C(=O)Cc2cnn(C)c2)C1. The number of aromatic nitrogens is 2. The van der Waals surface area contributed by atoms with Crippen molar-refractivity contribution in [3.63, 3.8) is 0 Å². The molecule has 6 heteroatoms. The zero-order valence-corrected chi connectivity index (χ0v) is 13.5. The van der Waals surface area contributed by atoms with Crippen molar-refractivity contribution in [3.8, 4) is 0 Å². The van der Waals surface area contributed by atoms with Gasteiger partial charge in [0.2, 0.25) is 11.8 Å². The maximum atomic E-state index is 12.4. The Morgan fingerprint density at radius 1 is 1.45 bits per heavy atom. The molecule has 0 radical (unpaired) electrons. The van der Waals surface area contributed by atoms with Gasteiger partial charge in [-0.2, -0.15) is 5.10 Å². The van der Waals surface area contributed by atoms with Crippen molar-refractivity contribution in [2.75, 3.05) is 19.6 Å². The second kappa shape index (κ2) is 7.96. The molecule has 2 heterocycles. The van der Waals surface area contributed by atoms with Crippen molar-refractivity contribution in [2.24, 2.45) is 13.0 Å². The smallest absolute Gasteiger partial charge is 0.227 e. The molecule has 1 saturated heterocycles. The van der Waals surface area contributed by atoms with E-state index in [4.69, 9.17) is 0 Å². The normalized spacial score (nSPS) is 18.3. The summed E-state index contributed by atoms with van der Waals surface area (Å²) < 4.78 is 1.70. The number of unbranched alkanes of at least 4 members (excludes halogenated alkanes) is 1. The van der Waals surface area contributed by atoms with Gasteiger partial charge in [0.25, 0.3) is 0 Å². The molecule has 1 aromatic heterocycles. The number of hydrogen-bond donors (Lipinski definition) is 1. The molecule has 0 aliphatic carbocycles. The lowest BCUT2D eigenvalue weighted by atomic mass is 9.96. The molecule has 22 heavy (non-hydrogen) atoms. The van der Waals surface area contributed by atoms with Crippen molar-refractivity contribution in [1.29, 1.82) is 0 Å². The molecule has 1 fully saturated rings. The number of rotatable bonds is 6. The van der Waals surface area contributed by atoms with Gasteiger partial charge in [0.1, 0.15) is 0 Å². The van der Waals surface area contributed by atoms with Crippen LogP contribution < -0.4 is 5.32 Å². The van der Waals surface area contributed by atoms with Crippen LogP contribution in [0.25, 0.3) is 0 Å². The Kier molecular flexibility index (Phi) is 5.98. The number of amides is 2. The minimum Gasteiger partial charge on any atom is -0.356 e. The largest absolute Gasteiger partial charge is 0.356 e. The Bertz CT molecular complexity index is 512. The topological polar surface area (TPSA) is 67.2 Å². The number of piperidine rings is 1. The summed E-state index contributed by atoms with van der Waals surface area (Å²) in [6, 6.07) is 0. The van der Waals surface area contributed by atoms with Gasteiger partial charge in [-0.1, -0.05) is 13.3 Å². The van der Waals surface area contributed by atoms with Gasteiger partial charge in [0, 0.05) is 32.9 Å². The third kappa shape index (κ3) is 4.58. The highest BCUT2D eigenvalue weighted by molar-refractivity contribution is 5.82. The van der Waals surface area contributed by atoms with E-state index in [1.807, 2.05) is 18.1 Å². The molecule has 6 nitrogen and oxygen atoms in total. The van der Waals surface area contributed by atoms with Crippen LogP contribution in [0.3, 0.4) is 0 Å². The van der Waals surface area contributed by atoms with Gasteiger partial charge in [-0.15, -0.1) is 0 Å². The average Bonchev–Trinajstić information content (AvgIpc) is 2.92. The van der Waals surface area contributed by atoms with E-state index in [9.17, 15) is 9.59 Å². The van der Waals surface area contributed by atoms with Crippen LogP contribution in [0.1, 0.15) is 38.2 Å². The summed E-state index contributed by atoms with van der Waals surface area (Å²) in [6.07, 6.45) is 7.77. The molecular weight excluding hydrogens is 280 g/mol. The van der Waals surface area contributed by atoms with Gasteiger partial charge >= 0.3 is 0 Å².